The van der Waals surface area contributed by atoms with Gasteiger partial charge in [-0.2, -0.15) is 4.80 Å². The average molecular weight is 270 g/mol. The van der Waals surface area contributed by atoms with Gasteiger partial charge in [0.25, 0.3) is 0 Å². The molecule has 0 saturated carbocycles. The second-order valence-corrected chi connectivity index (χ2v) is 4.18. The first-order chi connectivity index (χ1) is 9.92. The zero-order chi connectivity index (χ0) is 13.6. The molecule has 0 fully saturated rings. The molecule has 0 aromatic carbocycles. The third-order valence-electron chi connectivity index (χ3n) is 2.72. The highest BCUT2D eigenvalue weighted by Gasteiger charge is 2.07. The number of nitrogens with one attached hydrogen (secondary N) is 1. The third kappa shape index (κ3) is 3.07. The number of pyridine rings is 1. The van der Waals surface area contributed by atoms with Crippen molar-refractivity contribution in [3.05, 3.63) is 48.5 Å². The van der Waals surface area contributed by atoms with Crippen molar-refractivity contribution in [2.45, 2.75) is 13.1 Å². The zero-order valence-corrected chi connectivity index (χ0v) is 10.8. The van der Waals surface area contributed by atoms with Crippen LogP contribution in [0.2, 0.25) is 0 Å². The van der Waals surface area contributed by atoms with Gasteiger partial charge in [0.15, 0.2) is 5.76 Å². The maximum Gasteiger partial charge on any atom is 0.240 e. The van der Waals surface area contributed by atoms with Crippen LogP contribution in [0.25, 0.3) is 11.6 Å². The van der Waals surface area contributed by atoms with Crippen LogP contribution in [-0.2, 0) is 13.1 Å². The summed E-state index contributed by atoms with van der Waals surface area (Å²) in [5.41, 5.74) is 1.01. The summed E-state index contributed by atoms with van der Waals surface area (Å²) in [7, 11) is 0. The van der Waals surface area contributed by atoms with Crippen LogP contribution in [-0.4, -0.2) is 31.7 Å². The number of aromatic nitrogens is 5. The fraction of sp³-hybridized carbons (Fsp3) is 0.231. The van der Waals surface area contributed by atoms with Crippen molar-refractivity contribution < 1.29 is 4.42 Å². The fourth-order valence-corrected chi connectivity index (χ4v) is 1.74. The number of hydrogen-bond donors (Lipinski definition) is 1. The van der Waals surface area contributed by atoms with Crippen molar-refractivity contribution in [3.63, 3.8) is 0 Å². The maximum absolute atomic E-state index is 5.21. The minimum Gasteiger partial charge on any atom is -0.461 e. The average Bonchev–Trinajstić information content (AvgIpc) is 3.15. The third-order valence-corrected chi connectivity index (χ3v) is 2.72. The Morgan fingerprint density at radius 1 is 1.20 bits per heavy atom. The second-order valence-electron chi connectivity index (χ2n) is 4.18. The fourth-order valence-electron chi connectivity index (χ4n) is 1.74. The van der Waals surface area contributed by atoms with Crippen LogP contribution in [0.5, 0.6) is 0 Å². The van der Waals surface area contributed by atoms with Crippen LogP contribution in [0.3, 0.4) is 0 Å². The molecule has 0 bridgehead atoms. The smallest absolute Gasteiger partial charge is 0.240 e. The summed E-state index contributed by atoms with van der Waals surface area (Å²) in [4.78, 5) is 5.78. The minimum absolute atomic E-state index is 0.500. The van der Waals surface area contributed by atoms with Gasteiger partial charge in [-0.05, 0) is 29.5 Å². The zero-order valence-electron chi connectivity index (χ0n) is 10.8. The van der Waals surface area contributed by atoms with Gasteiger partial charge in [0.2, 0.25) is 5.82 Å². The predicted octanol–water partition coefficient (Wildman–Crippen LogP) is 1.12. The summed E-state index contributed by atoms with van der Waals surface area (Å²) in [6.45, 7) is 2.10. The molecule has 20 heavy (non-hydrogen) atoms. The van der Waals surface area contributed by atoms with Gasteiger partial charge in [-0.15, -0.1) is 10.2 Å². The van der Waals surface area contributed by atoms with Crippen LogP contribution < -0.4 is 5.32 Å². The predicted molar refractivity (Wildman–Crippen MR) is 71.5 cm³/mol. The lowest BCUT2D eigenvalue weighted by atomic mass is 10.3. The van der Waals surface area contributed by atoms with Crippen molar-refractivity contribution in [1.29, 1.82) is 0 Å². The Hall–Kier alpha value is -2.54. The maximum atomic E-state index is 5.21. The molecule has 0 aliphatic rings. The Kier molecular flexibility index (Phi) is 3.79. The molecule has 0 amide bonds. The summed E-state index contributed by atoms with van der Waals surface area (Å²) in [6, 6.07) is 9.46. The highest BCUT2D eigenvalue weighted by Crippen LogP contribution is 2.12. The van der Waals surface area contributed by atoms with E-state index in [0.29, 0.717) is 18.1 Å². The first-order valence-electron chi connectivity index (χ1n) is 6.34. The molecule has 3 rings (SSSR count). The van der Waals surface area contributed by atoms with E-state index >= 15 is 0 Å². The van der Waals surface area contributed by atoms with E-state index in [2.05, 4.69) is 25.7 Å². The van der Waals surface area contributed by atoms with Crippen molar-refractivity contribution in [1.82, 2.24) is 30.5 Å². The Morgan fingerprint density at radius 3 is 3.00 bits per heavy atom. The van der Waals surface area contributed by atoms with Crippen molar-refractivity contribution in [2.24, 2.45) is 0 Å². The lowest BCUT2D eigenvalue weighted by Gasteiger charge is -2.02. The van der Waals surface area contributed by atoms with Gasteiger partial charge in [0.05, 0.1) is 18.5 Å². The normalized spacial score (nSPS) is 10.8. The van der Waals surface area contributed by atoms with Crippen molar-refractivity contribution in [2.75, 3.05) is 6.54 Å². The summed E-state index contributed by atoms with van der Waals surface area (Å²) < 4.78 is 5.21. The summed E-state index contributed by atoms with van der Waals surface area (Å²) >= 11 is 0. The molecule has 0 saturated heterocycles. The Labute approximate surface area is 115 Å². The standard InChI is InChI=1S/C13H14N6O/c1-2-6-15-11(4-1)10-14-7-8-19-17-13(16-18-19)12-5-3-9-20-12/h1-6,9,14H,7-8,10H2. The van der Waals surface area contributed by atoms with Crippen LogP contribution in [0.4, 0.5) is 0 Å². The summed E-state index contributed by atoms with van der Waals surface area (Å²) in [6.07, 6.45) is 3.37. The molecule has 7 nitrogen and oxygen atoms in total. The molecule has 0 unspecified atom stereocenters. The van der Waals surface area contributed by atoms with Crippen LogP contribution >= 0.6 is 0 Å². The van der Waals surface area contributed by atoms with E-state index < -0.39 is 0 Å². The number of hydrogen-bond acceptors (Lipinski definition) is 6. The first kappa shape index (κ1) is 12.5. The lowest BCUT2D eigenvalue weighted by Crippen LogP contribution is -2.21. The molecule has 102 valence electrons. The Balaban J connectivity index is 1.47. The van der Waals surface area contributed by atoms with Gasteiger partial charge in [0.1, 0.15) is 0 Å². The Bertz CT molecular complexity index is 634. The van der Waals surface area contributed by atoms with E-state index in [9.17, 15) is 0 Å². The molecule has 0 atom stereocenters. The van der Waals surface area contributed by atoms with Gasteiger partial charge in [0, 0.05) is 19.3 Å². The van der Waals surface area contributed by atoms with E-state index in [1.54, 1.807) is 29.4 Å². The Morgan fingerprint density at radius 2 is 2.20 bits per heavy atom. The summed E-state index contributed by atoms with van der Waals surface area (Å²) in [5, 5.41) is 15.4. The van der Waals surface area contributed by atoms with E-state index in [1.807, 2.05) is 18.2 Å². The molecule has 0 radical (unpaired) electrons. The van der Waals surface area contributed by atoms with Crippen molar-refractivity contribution >= 4 is 0 Å². The van der Waals surface area contributed by atoms with Crippen LogP contribution in [0.1, 0.15) is 5.69 Å². The largest absolute Gasteiger partial charge is 0.461 e. The van der Waals surface area contributed by atoms with Gasteiger partial charge in [-0.25, -0.2) is 0 Å². The van der Waals surface area contributed by atoms with Crippen molar-refractivity contribution in [3.8, 4) is 11.6 Å². The van der Waals surface area contributed by atoms with E-state index in [1.165, 1.54) is 0 Å². The van der Waals surface area contributed by atoms with E-state index in [-0.39, 0.29) is 0 Å². The number of tetrazole rings is 1. The van der Waals surface area contributed by atoms with Gasteiger partial charge < -0.3 is 9.73 Å². The molecule has 0 aliphatic heterocycles. The van der Waals surface area contributed by atoms with Gasteiger partial charge in [-0.1, -0.05) is 6.07 Å². The van der Waals surface area contributed by atoms with Crippen LogP contribution in [0.15, 0.2) is 47.2 Å². The highest BCUT2D eigenvalue weighted by molar-refractivity contribution is 5.43. The van der Waals surface area contributed by atoms with Gasteiger partial charge in [-0.3, -0.25) is 4.98 Å². The first-order valence-corrected chi connectivity index (χ1v) is 6.34. The van der Waals surface area contributed by atoms with E-state index in [4.69, 9.17) is 4.42 Å². The number of nitrogens with zero attached hydrogens (tertiary/aromatic N) is 5. The van der Waals surface area contributed by atoms with Gasteiger partial charge >= 0.3 is 0 Å². The van der Waals surface area contributed by atoms with E-state index in [0.717, 1.165) is 18.8 Å². The number of rotatable bonds is 6. The number of furan rings is 1. The molecular formula is C13H14N6O. The lowest BCUT2D eigenvalue weighted by molar-refractivity contribution is 0.489. The molecule has 1 N–H and O–H groups in total. The molecule has 0 spiro atoms. The second kappa shape index (κ2) is 6.07. The highest BCUT2D eigenvalue weighted by atomic mass is 16.3. The summed E-state index contributed by atoms with van der Waals surface area (Å²) in [5.74, 6) is 1.12. The SMILES string of the molecule is c1ccc(CNCCn2nnc(-c3ccco3)n2)nc1. The molecular weight excluding hydrogens is 256 g/mol. The molecule has 0 aliphatic carbocycles. The monoisotopic (exact) mass is 270 g/mol. The minimum atomic E-state index is 0.500. The molecule has 3 aromatic rings. The topological polar surface area (TPSA) is 81.7 Å². The van der Waals surface area contributed by atoms with Crippen LogP contribution in [0, 0.1) is 0 Å². The molecule has 3 aromatic heterocycles. The molecule has 7 heteroatoms. The molecule has 3 heterocycles. The quantitative estimate of drug-likeness (QED) is 0.676.